The van der Waals surface area contributed by atoms with Gasteiger partial charge in [0.05, 0.1) is 11.5 Å². The number of urea groups is 1. The molecule has 1 unspecified atom stereocenters. The molecule has 1 aliphatic heterocycles. The van der Waals surface area contributed by atoms with Crippen molar-refractivity contribution in [2.75, 3.05) is 45.4 Å². The number of carbonyl (C=O) groups is 1. The minimum atomic E-state index is -3.05. The quantitative estimate of drug-likeness (QED) is 0.642. The number of carbonyl (C=O) groups excluding carboxylic acids is 1. The molecule has 152 valence electrons. The zero-order valence-corrected chi connectivity index (χ0v) is 17.3. The number of nitrogens with zero attached hydrogens (tertiary/aromatic N) is 2. The summed E-state index contributed by atoms with van der Waals surface area (Å²) in [7, 11) is 0.795. The van der Waals surface area contributed by atoms with Gasteiger partial charge in [-0.05, 0) is 44.6 Å². The van der Waals surface area contributed by atoms with Gasteiger partial charge >= 0.3 is 6.03 Å². The Morgan fingerprint density at radius 3 is 2.48 bits per heavy atom. The number of hydrogen-bond donors (Lipinski definition) is 1. The normalized spacial score (nSPS) is 18.4. The van der Waals surface area contributed by atoms with E-state index in [1.807, 2.05) is 43.3 Å². The summed E-state index contributed by atoms with van der Waals surface area (Å²) in [6, 6.07) is 7.26. The van der Waals surface area contributed by atoms with Gasteiger partial charge in [-0.1, -0.05) is 25.5 Å². The predicted molar refractivity (Wildman–Crippen MR) is 107 cm³/mol. The Hall–Kier alpha value is -1.80. The summed E-state index contributed by atoms with van der Waals surface area (Å²) in [5.41, 5.74) is 1.26. The van der Waals surface area contributed by atoms with Crippen molar-refractivity contribution in [3.63, 3.8) is 0 Å². The van der Waals surface area contributed by atoms with Gasteiger partial charge in [0.1, 0.15) is 5.75 Å². The van der Waals surface area contributed by atoms with E-state index in [9.17, 15) is 13.2 Å². The molecule has 7 nitrogen and oxygen atoms in total. The molecule has 1 aromatic carbocycles. The molecule has 0 spiro atoms. The summed E-state index contributed by atoms with van der Waals surface area (Å²) in [4.78, 5) is 16.2. The number of benzene rings is 1. The van der Waals surface area contributed by atoms with Crippen molar-refractivity contribution in [2.45, 2.75) is 32.2 Å². The molecule has 2 amide bonds. The Balaban J connectivity index is 1.88. The Morgan fingerprint density at radius 1 is 1.22 bits per heavy atom. The standard InChI is InChI=1S/C19H31N3O4S/c1-4-5-16-6-8-18(9-7-16)26-15-20-19(23)22(12-11-21(2)3)17-10-13-27(24,25)14-17/h6-9,17H,4-5,10-15H2,1-3H3,(H,20,23). The fourth-order valence-electron chi connectivity index (χ4n) is 3.10. The van der Waals surface area contributed by atoms with E-state index >= 15 is 0 Å². The lowest BCUT2D eigenvalue weighted by atomic mass is 10.1. The van der Waals surface area contributed by atoms with Gasteiger partial charge in [-0.15, -0.1) is 0 Å². The summed E-state index contributed by atoms with van der Waals surface area (Å²) in [5, 5.41) is 2.75. The lowest BCUT2D eigenvalue weighted by Gasteiger charge is -2.29. The lowest BCUT2D eigenvalue weighted by Crippen LogP contribution is -2.49. The molecule has 0 bridgehead atoms. The molecule has 1 atom stereocenters. The average Bonchev–Trinajstić information content (AvgIpc) is 2.96. The molecule has 0 aliphatic carbocycles. The van der Waals surface area contributed by atoms with E-state index in [0.29, 0.717) is 25.3 Å². The van der Waals surface area contributed by atoms with Crippen LogP contribution in [-0.4, -0.2) is 75.7 Å². The molecular formula is C19H31N3O4S. The highest BCUT2D eigenvalue weighted by Gasteiger charge is 2.34. The summed E-state index contributed by atoms with van der Waals surface area (Å²) in [5.74, 6) is 0.871. The molecule has 1 aromatic rings. The first-order valence-corrected chi connectivity index (χ1v) is 11.2. The number of likely N-dealkylation sites (N-methyl/N-ethyl adjacent to an activating group) is 1. The second kappa shape index (κ2) is 9.94. The largest absolute Gasteiger partial charge is 0.473 e. The third-order valence-electron chi connectivity index (χ3n) is 4.62. The summed E-state index contributed by atoms with van der Waals surface area (Å²) in [6.07, 6.45) is 2.61. The smallest absolute Gasteiger partial charge is 0.320 e. The Morgan fingerprint density at radius 2 is 1.93 bits per heavy atom. The van der Waals surface area contributed by atoms with Crippen molar-refractivity contribution in [3.05, 3.63) is 29.8 Å². The summed E-state index contributed by atoms with van der Waals surface area (Å²) >= 11 is 0. The lowest BCUT2D eigenvalue weighted by molar-refractivity contribution is 0.162. The van der Waals surface area contributed by atoms with E-state index in [1.54, 1.807) is 4.90 Å². The first-order chi connectivity index (χ1) is 12.8. The number of amides is 2. The van der Waals surface area contributed by atoms with Gasteiger partial charge in [-0.2, -0.15) is 0 Å². The second-order valence-corrected chi connectivity index (χ2v) is 9.45. The van der Waals surface area contributed by atoms with Crippen molar-refractivity contribution < 1.29 is 17.9 Å². The van der Waals surface area contributed by atoms with E-state index in [2.05, 4.69) is 12.2 Å². The Kier molecular flexibility index (Phi) is 7.91. The molecule has 0 aromatic heterocycles. The maximum Gasteiger partial charge on any atom is 0.320 e. The van der Waals surface area contributed by atoms with Crippen LogP contribution in [0.15, 0.2) is 24.3 Å². The molecule has 27 heavy (non-hydrogen) atoms. The number of nitrogens with one attached hydrogen (secondary N) is 1. The van der Waals surface area contributed by atoms with Crippen LogP contribution in [0.3, 0.4) is 0 Å². The van der Waals surface area contributed by atoms with Gasteiger partial charge in [-0.3, -0.25) is 0 Å². The number of sulfone groups is 1. The van der Waals surface area contributed by atoms with Crippen LogP contribution in [0.2, 0.25) is 0 Å². The van der Waals surface area contributed by atoms with E-state index in [4.69, 9.17) is 4.74 Å². The van der Waals surface area contributed by atoms with Crippen molar-refractivity contribution in [2.24, 2.45) is 0 Å². The number of rotatable bonds is 9. The highest BCUT2D eigenvalue weighted by atomic mass is 32.2. The van der Waals surface area contributed by atoms with Crippen molar-refractivity contribution in [3.8, 4) is 5.75 Å². The molecule has 1 saturated heterocycles. The maximum atomic E-state index is 12.6. The number of aryl methyl sites for hydroxylation is 1. The molecule has 0 saturated carbocycles. The molecule has 2 rings (SSSR count). The number of ether oxygens (including phenoxy) is 1. The highest BCUT2D eigenvalue weighted by molar-refractivity contribution is 7.91. The van der Waals surface area contributed by atoms with Gasteiger partial charge in [0.25, 0.3) is 0 Å². The highest BCUT2D eigenvalue weighted by Crippen LogP contribution is 2.18. The molecule has 1 fully saturated rings. The second-order valence-electron chi connectivity index (χ2n) is 7.22. The van der Waals surface area contributed by atoms with Crippen LogP contribution < -0.4 is 10.1 Å². The topological polar surface area (TPSA) is 79.0 Å². The average molecular weight is 398 g/mol. The molecule has 0 radical (unpaired) electrons. The van der Waals surface area contributed by atoms with Gasteiger partial charge in [0.2, 0.25) is 0 Å². The third-order valence-corrected chi connectivity index (χ3v) is 6.37. The van der Waals surface area contributed by atoms with Crippen LogP contribution in [0.4, 0.5) is 4.79 Å². The van der Waals surface area contributed by atoms with E-state index in [1.165, 1.54) is 5.56 Å². The molecule has 1 N–H and O–H groups in total. The molecular weight excluding hydrogens is 366 g/mol. The molecule has 8 heteroatoms. The van der Waals surface area contributed by atoms with Crippen molar-refractivity contribution in [1.29, 1.82) is 0 Å². The zero-order valence-electron chi connectivity index (χ0n) is 16.5. The van der Waals surface area contributed by atoms with Gasteiger partial charge in [0.15, 0.2) is 16.6 Å². The maximum absolute atomic E-state index is 12.6. The molecule has 1 heterocycles. The van der Waals surface area contributed by atoms with E-state index in [0.717, 1.165) is 12.8 Å². The van der Waals surface area contributed by atoms with Crippen LogP contribution in [0.5, 0.6) is 5.75 Å². The van der Waals surface area contributed by atoms with Crippen molar-refractivity contribution in [1.82, 2.24) is 15.1 Å². The minimum absolute atomic E-state index is 0.0353. The first-order valence-electron chi connectivity index (χ1n) is 9.42. The monoisotopic (exact) mass is 397 g/mol. The summed E-state index contributed by atoms with van der Waals surface area (Å²) < 4.78 is 29.2. The van der Waals surface area contributed by atoms with Gasteiger partial charge in [0, 0.05) is 19.1 Å². The first kappa shape index (κ1) is 21.5. The van der Waals surface area contributed by atoms with Gasteiger partial charge < -0.3 is 19.9 Å². The predicted octanol–water partition coefficient (Wildman–Crippen LogP) is 1.74. The van der Waals surface area contributed by atoms with Crippen LogP contribution in [0.25, 0.3) is 0 Å². The third kappa shape index (κ3) is 7.03. The van der Waals surface area contributed by atoms with Crippen LogP contribution >= 0.6 is 0 Å². The van der Waals surface area contributed by atoms with Crippen molar-refractivity contribution >= 4 is 15.9 Å². The van der Waals surface area contributed by atoms with Crippen LogP contribution in [0, 0.1) is 0 Å². The molecule has 1 aliphatic rings. The Bertz CT molecular complexity index is 704. The fourth-order valence-corrected chi connectivity index (χ4v) is 4.83. The Labute approximate surface area is 162 Å². The fraction of sp³-hybridized carbons (Fsp3) is 0.632. The van der Waals surface area contributed by atoms with E-state index < -0.39 is 9.84 Å². The number of hydrogen-bond acceptors (Lipinski definition) is 5. The van der Waals surface area contributed by atoms with E-state index in [-0.39, 0.29) is 30.3 Å². The van der Waals surface area contributed by atoms with Crippen LogP contribution in [-0.2, 0) is 16.3 Å². The SMILES string of the molecule is CCCc1ccc(OCNC(=O)N(CCN(C)C)C2CCS(=O)(=O)C2)cc1. The van der Waals surface area contributed by atoms with Gasteiger partial charge in [-0.25, -0.2) is 13.2 Å². The summed E-state index contributed by atoms with van der Waals surface area (Å²) in [6.45, 7) is 3.33. The zero-order chi connectivity index (χ0) is 19.9. The minimum Gasteiger partial charge on any atom is -0.473 e. The van der Waals surface area contributed by atoms with Crippen LogP contribution in [0.1, 0.15) is 25.3 Å².